The number of benzene rings is 2. The summed E-state index contributed by atoms with van der Waals surface area (Å²) >= 11 is 12.1. The summed E-state index contributed by atoms with van der Waals surface area (Å²) in [5.74, 6) is -0.653. The van der Waals surface area contributed by atoms with Crippen LogP contribution < -0.4 is 14.4 Å². The van der Waals surface area contributed by atoms with E-state index in [0.29, 0.717) is 11.6 Å². The standard InChI is InChI=1S/C24H31Cl2N3O5S/c1-5-6-13-27-24(31)17(2)28(15-18-7-9-19(25)10-8-18)23(30)16-29(35(4,32)33)21-14-20(26)11-12-22(21)34-3/h7-12,14,17H,5-6,13,15-16H2,1-4H3,(H,27,31)/t17-/m1/s1. The molecule has 0 spiro atoms. The Morgan fingerprint density at radius 2 is 1.71 bits per heavy atom. The van der Waals surface area contributed by atoms with Gasteiger partial charge >= 0.3 is 0 Å². The van der Waals surface area contributed by atoms with Crippen molar-refractivity contribution < 1.29 is 22.7 Å². The molecule has 8 nitrogen and oxygen atoms in total. The van der Waals surface area contributed by atoms with E-state index in [4.69, 9.17) is 27.9 Å². The van der Waals surface area contributed by atoms with Crippen LogP contribution >= 0.6 is 23.2 Å². The number of hydrogen-bond donors (Lipinski definition) is 1. The fourth-order valence-electron chi connectivity index (χ4n) is 3.36. The van der Waals surface area contributed by atoms with Gasteiger partial charge in [-0.05, 0) is 49.2 Å². The zero-order valence-corrected chi connectivity index (χ0v) is 22.6. The van der Waals surface area contributed by atoms with E-state index in [2.05, 4.69) is 5.32 Å². The lowest BCUT2D eigenvalue weighted by molar-refractivity contribution is -0.139. The Labute approximate surface area is 217 Å². The number of methoxy groups -OCH3 is 1. The molecular formula is C24H31Cl2N3O5S. The largest absolute Gasteiger partial charge is 0.495 e. The quantitative estimate of drug-likeness (QED) is 0.406. The molecule has 0 heterocycles. The van der Waals surface area contributed by atoms with Crippen LogP contribution in [-0.2, 0) is 26.2 Å². The minimum Gasteiger partial charge on any atom is -0.495 e. The number of carbonyl (C=O) groups is 2. The first-order valence-electron chi connectivity index (χ1n) is 11.1. The maximum Gasteiger partial charge on any atom is 0.244 e. The maximum atomic E-state index is 13.5. The third-order valence-corrected chi connectivity index (χ3v) is 6.97. The zero-order chi connectivity index (χ0) is 26.2. The van der Waals surface area contributed by atoms with Gasteiger partial charge in [0.25, 0.3) is 0 Å². The number of anilines is 1. The molecule has 0 radical (unpaired) electrons. The second kappa shape index (κ2) is 13.0. The maximum absolute atomic E-state index is 13.5. The Morgan fingerprint density at radius 3 is 2.29 bits per heavy atom. The van der Waals surface area contributed by atoms with E-state index in [1.165, 1.54) is 24.1 Å². The van der Waals surface area contributed by atoms with Crippen LogP contribution in [0.15, 0.2) is 42.5 Å². The number of rotatable bonds is 12. The van der Waals surface area contributed by atoms with Crippen LogP contribution in [0.2, 0.25) is 10.0 Å². The van der Waals surface area contributed by atoms with Crippen LogP contribution in [-0.4, -0.2) is 57.6 Å². The SMILES string of the molecule is CCCCNC(=O)[C@@H](C)N(Cc1ccc(Cl)cc1)C(=O)CN(c1cc(Cl)ccc1OC)S(C)(=O)=O. The summed E-state index contributed by atoms with van der Waals surface area (Å²) in [6, 6.07) is 10.5. The van der Waals surface area contributed by atoms with E-state index in [0.717, 1.165) is 29.0 Å². The van der Waals surface area contributed by atoms with Crippen LogP contribution in [0, 0.1) is 0 Å². The van der Waals surface area contributed by atoms with Crippen molar-refractivity contribution in [2.24, 2.45) is 0 Å². The smallest absolute Gasteiger partial charge is 0.244 e. The Hall–Kier alpha value is -2.49. The van der Waals surface area contributed by atoms with Crippen molar-refractivity contribution in [3.05, 3.63) is 58.1 Å². The molecule has 0 aromatic heterocycles. The van der Waals surface area contributed by atoms with Crippen molar-refractivity contribution in [3.63, 3.8) is 0 Å². The molecule has 0 aliphatic rings. The summed E-state index contributed by atoms with van der Waals surface area (Å²) < 4.78 is 31.6. The highest BCUT2D eigenvalue weighted by atomic mass is 35.5. The second-order valence-corrected chi connectivity index (χ2v) is 10.8. The third-order valence-electron chi connectivity index (χ3n) is 5.35. The second-order valence-electron chi connectivity index (χ2n) is 8.05. The van der Waals surface area contributed by atoms with Crippen LogP contribution in [0.1, 0.15) is 32.3 Å². The Kier molecular flexibility index (Phi) is 10.7. The molecule has 0 unspecified atom stereocenters. The van der Waals surface area contributed by atoms with E-state index in [-0.39, 0.29) is 28.9 Å². The van der Waals surface area contributed by atoms with Crippen molar-refractivity contribution in [1.29, 1.82) is 0 Å². The van der Waals surface area contributed by atoms with Gasteiger partial charge in [-0.3, -0.25) is 13.9 Å². The van der Waals surface area contributed by atoms with E-state index >= 15 is 0 Å². The molecular weight excluding hydrogens is 513 g/mol. The predicted octanol–water partition coefficient (Wildman–Crippen LogP) is 4.10. The topological polar surface area (TPSA) is 96.0 Å². The summed E-state index contributed by atoms with van der Waals surface area (Å²) in [5, 5.41) is 3.65. The lowest BCUT2D eigenvalue weighted by Gasteiger charge is -2.32. The van der Waals surface area contributed by atoms with Gasteiger partial charge in [-0.2, -0.15) is 0 Å². The van der Waals surface area contributed by atoms with E-state index in [9.17, 15) is 18.0 Å². The number of nitrogens with one attached hydrogen (secondary N) is 1. The first-order chi connectivity index (χ1) is 16.5. The highest BCUT2D eigenvalue weighted by molar-refractivity contribution is 7.92. The van der Waals surface area contributed by atoms with E-state index in [1.807, 2.05) is 6.92 Å². The highest BCUT2D eigenvalue weighted by Gasteiger charge is 2.31. The van der Waals surface area contributed by atoms with E-state index in [1.54, 1.807) is 37.3 Å². The summed E-state index contributed by atoms with van der Waals surface area (Å²) in [7, 11) is -2.52. The number of carbonyl (C=O) groups excluding carboxylic acids is 2. The molecule has 1 atom stereocenters. The molecule has 192 valence electrons. The van der Waals surface area contributed by atoms with Gasteiger partial charge in [-0.15, -0.1) is 0 Å². The number of sulfonamides is 1. The molecule has 1 N–H and O–H groups in total. The number of nitrogens with zero attached hydrogens (tertiary/aromatic N) is 2. The number of ether oxygens (including phenoxy) is 1. The van der Waals surface area contributed by atoms with Crippen molar-refractivity contribution in [3.8, 4) is 5.75 Å². The average Bonchev–Trinajstić information content (AvgIpc) is 2.80. The lowest BCUT2D eigenvalue weighted by Crippen LogP contribution is -2.51. The van der Waals surface area contributed by atoms with Gasteiger partial charge in [0, 0.05) is 23.1 Å². The summed E-state index contributed by atoms with van der Waals surface area (Å²) in [6.45, 7) is 3.64. The van der Waals surface area contributed by atoms with E-state index < -0.39 is 28.5 Å². The van der Waals surface area contributed by atoms with Gasteiger partial charge in [-0.1, -0.05) is 48.7 Å². The fourth-order valence-corrected chi connectivity index (χ4v) is 4.50. The lowest BCUT2D eigenvalue weighted by atomic mass is 10.1. The minimum atomic E-state index is -3.91. The Balaban J connectivity index is 2.41. The monoisotopic (exact) mass is 543 g/mol. The van der Waals surface area contributed by atoms with Crippen LogP contribution in [0.25, 0.3) is 0 Å². The fraction of sp³-hybridized carbons (Fsp3) is 0.417. The van der Waals surface area contributed by atoms with Gasteiger partial charge in [0.1, 0.15) is 18.3 Å². The number of unbranched alkanes of at least 4 members (excludes halogenated alkanes) is 1. The highest BCUT2D eigenvalue weighted by Crippen LogP contribution is 2.33. The van der Waals surface area contributed by atoms with Crippen LogP contribution in [0.4, 0.5) is 5.69 Å². The summed E-state index contributed by atoms with van der Waals surface area (Å²) in [4.78, 5) is 27.7. The van der Waals surface area contributed by atoms with Crippen LogP contribution in [0.3, 0.4) is 0 Å². The third kappa shape index (κ3) is 8.30. The molecule has 0 bridgehead atoms. The normalized spacial score (nSPS) is 12.1. The minimum absolute atomic E-state index is 0.0860. The molecule has 2 aromatic carbocycles. The molecule has 0 aliphatic carbocycles. The van der Waals surface area contributed by atoms with Gasteiger partial charge in [0.2, 0.25) is 21.8 Å². The molecule has 0 aliphatic heterocycles. The zero-order valence-electron chi connectivity index (χ0n) is 20.3. The molecule has 0 fully saturated rings. The van der Waals surface area contributed by atoms with Gasteiger partial charge < -0.3 is 15.0 Å². The molecule has 0 saturated heterocycles. The first-order valence-corrected chi connectivity index (χ1v) is 13.7. The van der Waals surface area contributed by atoms with Gasteiger partial charge in [-0.25, -0.2) is 8.42 Å². The van der Waals surface area contributed by atoms with Crippen molar-refractivity contribution in [2.45, 2.75) is 39.3 Å². The predicted molar refractivity (Wildman–Crippen MR) is 140 cm³/mol. The molecule has 35 heavy (non-hydrogen) atoms. The molecule has 2 aromatic rings. The Morgan fingerprint density at radius 1 is 1.09 bits per heavy atom. The first kappa shape index (κ1) is 28.7. The van der Waals surface area contributed by atoms with Gasteiger partial charge in [0.15, 0.2) is 0 Å². The average molecular weight is 545 g/mol. The van der Waals surface area contributed by atoms with Crippen molar-refractivity contribution in [1.82, 2.24) is 10.2 Å². The van der Waals surface area contributed by atoms with Crippen molar-refractivity contribution >= 4 is 50.7 Å². The summed E-state index contributed by atoms with van der Waals surface area (Å²) in [5.41, 5.74) is 0.865. The molecule has 11 heteroatoms. The number of halogens is 2. The molecule has 2 amide bonds. The summed E-state index contributed by atoms with van der Waals surface area (Å²) in [6.07, 6.45) is 2.71. The molecule has 0 saturated carbocycles. The van der Waals surface area contributed by atoms with Gasteiger partial charge in [0.05, 0.1) is 19.1 Å². The Bertz CT molecular complexity index is 1130. The number of hydrogen-bond acceptors (Lipinski definition) is 5. The number of amides is 2. The van der Waals surface area contributed by atoms with Crippen LogP contribution in [0.5, 0.6) is 5.75 Å². The molecule has 2 rings (SSSR count). The van der Waals surface area contributed by atoms with Crippen molar-refractivity contribution in [2.75, 3.05) is 30.8 Å².